The van der Waals surface area contributed by atoms with Gasteiger partial charge in [0.25, 0.3) is 0 Å². The summed E-state index contributed by atoms with van der Waals surface area (Å²) >= 11 is 0. The number of carboxylic acid groups (broad SMARTS) is 1. The maximum Gasteiger partial charge on any atom is 0.372 e. The van der Waals surface area contributed by atoms with Crippen LogP contribution in [-0.2, 0) is 6.54 Å². The van der Waals surface area contributed by atoms with Crippen LogP contribution >= 0.6 is 0 Å². The summed E-state index contributed by atoms with van der Waals surface area (Å²) in [7, 11) is 0. The summed E-state index contributed by atoms with van der Waals surface area (Å²) in [6, 6.07) is 0. The molecule has 0 aromatic carbocycles. The first-order valence-corrected chi connectivity index (χ1v) is 5.02. The fourth-order valence-electron chi connectivity index (χ4n) is 2.13. The van der Waals surface area contributed by atoms with E-state index < -0.39 is 5.97 Å². The van der Waals surface area contributed by atoms with Gasteiger partial charge in [-0.15, -0.1) is 0 Å². The molecule has 0 saturated heterocycles. The first-order chi connectivity index (χ1) is 6.77. The molecule has 4 nitrogen and oxygen atoms in total. The largest absolute Gasteiger partial charge is 0.475 e. The lowest BCUT2D eigenvalue weighted by molar-refractivity contribution is 0.0677. The molecule has 1 aromatic rings. The Labute approximate surface area is 82.6 Å². The van der Waals surface area contributed by atoms with Crippen LogP contribution in [0.15, 0.2) is 12.4 Å². The minimum absolute atomic E-state index is 0.164. The molecule has 1 heterocycles. The van der Waals surface area contributed by atoms with Crippen molar-refractivity contribution in [2.24, 2.45) is 5.92 Å². The number of carbonyl (C=O) groups is 1. The predicted octanol–water partition coefficient (Wildman–Crippen LogP) is 1.77. The Kier molecular flexibility index (Phi) is 2.52. The fourth-order valence-corrected chi connectivity index (χ4v) is 2.13. The van der Waals surface area contributed by atoms with Crippen molar-refractivity contribution in [3.8, 4) is 0 Å². The Balaban J connectivity index is 2.07. The summed E-state index contributed by atoms with van der Waals surface area (Å²) in [6.45, 7) is 0.807. The predicted molar refractivity (Wildman–Crippen MR) is 51.1 cm³/mol. The second-order valence-corrected chi connectivity index (χ2v) is 3.86. The maximum atomic E-state index is 10.8. The van der Waals surface area contributed by atoms with Crippen LogP contribution in [0.5, 0.6) is 0 Å². The molecule has 1 N–H and O–H groups in total. The van der Waals surface area contributed by atoms with Crippen LogP contribution in [0.3, 0.4) is 0 Å². The summed E-state index contributed by atoms with van der Waals surface area (Å²) in [5, 5.41) is 8.85. The Bertz CT molecular complexity index is 327. The second kappa shape index (κ2) is 3.82. The number of rotatable bonds is 3. The van der Waals surface area contributed by atoms with E-state index in [1.807, 2.05) is 0 Å². The molecule has 1 aromatic heterocycles. The zero-order chi connectivity index (χ0) is 9.97. The zero-order valence-corrected chi connectivity index (χ0v) is 8.02. The number of nitrogens with zero attached hydrogens (tertiary/aromatic N) is 2. The van der Waals surface area contributed by atoms with Gasteiger partial charge in [0.05, 0.1) is 0 Å². The standard InChI is InChI=1S/C10H14N2O2/c13-10(14)9-11-5-6-12(9)7-8-3-1-2-4-8/h5-6,8H,1-4,7H2,(H,13,14). The average Bonchev–Trinajstić information content (AvgIpc) is 2.75. The molecule has 0 spiro atoms. The Morgan fingerprint density at radius 1 is 1.57 bits per heavy atom. The quantitative estimate of drug-likeness (QED) is 0.797. The van der Waals surface area contributed by atoms with E-state index >= 15 is 0 Å². The lowest BCUT2D eigenvalue weighted by Gasteiger charge is -2.10. The third-order valence-corrected chi connectivity index (χ3v) is 2.84. The van der Waals surface area contributed by atoms with Gasteiger partial charge in [0.2, 0.25) is 5.82 Å². The van der Waals surface area contributed by atoms with Crippen LogP contribution in [0, 0.1) is 5.92 Å². The van der Waals surface area contributed by atoms with Crippen molar-refractivity contribution in [3.05, 3.63) is 18.2 Å². The first-order valence-electron chi connectivity index (χ1n) is 5.02. The number of hydrogen-bond acceptors (Lipinski definition) is 2. The number of carboxylic acids is 1. The number of aromatic nitrogens is 2. The van der Waals surface area contributed by atoms with Crippen molar-refractivity contribution in [1.82, 2.24) is 9.55 Å². The van der Waals surface area contributed by atoms with E-state index in [-0.39, 0.29) is 5.82 Å². The molecule has 0 atom stereocenters. The minimum Gasteiger partial charge on any atom is -0.475 e. The molecule has 1 aliphatic rings. The molecular weight excluding hydrogens is 180 g/mol. The third-order valence-electron chi connectivity index (χ3n) is 2.84. The Morgan fingerprint density at radius 2 is 2.29 bits per heavy atom. The molecule has 0 amide bonds. The van der Waals surface area contributed by atoms with Gasteiger partial charge in [-0.05, 0) is 18.8 Å². The zero-order valence-electron chi connectivity index (χ0n) is 8.02. The molecule has 14 heavy (non-hydrogen) atoms. The van der Waals surface area contributed by atoms with Gasteiger partial charge in [-0.1, -0.05) is 12.8 Å². The van der Waals surface area contributed by atoms with Gasteiger partial charge in [0, 0.05) is 18.9 Å². The van der Waals surface area contributed by atoms with Crippen LogP contribution in [0.4, 0.5) is 0 Å². The average molecular weight is 194 g/mol. The van der Waals surface area contributed by atoms with Crippen molar-refractivity contribution in [3.63, 3.8) is 0 Å². The first kappa shape index (κ1) is 9.24. The lowest BCUT2D eigenvalue weighted by Crippen LogP contribution is -2.13. The van der Waals surface area contributed by atoms with Crippen molar-refractivity contribution in [1.29, 1.82) is 0 Å². The van der Waals surface area contributed by atoms with Crippen molar-refractivity contribution >= 4 is 5.97 Å². The monoisotopic (exact) mass is 194 g/mol. The summed E-state index contributed by atoms with van der Waals surface area (Å²) in [5.41, 5.74) is 0. The molecule has 1 aliphatic carbocycles. The van der Waals surface area contributed by atoms with Crippen LogP contribution in [0.25, 0.3) is 0 Å². The number of imidazole rings is 1. The molecule has 4 heteroatoms. The highest BCUT2D eigenvalue weighted by Gasteiger charge is 2.18. The van der Waals surface area contributed by atoms with E-state index in [9.17, 15) is 4.79 Å². The smallest absolute Gasteiger partial charge is 0.372 e. The van der Waals surface area contributed by atoms with Gasteiger partial charge >= 0.3 is 5.97 Å². The van der Waals surface area contributed by atoms with E-state index in [1.54, 1.807) is 17.0 Å². The van der Waals surface area contributed by atoms with E-state index in [0.717, 1.165) is 6.54 Å². The summed E-state index contributed by atoms with van der Waals surface area (Å²) in [5.74, 6) is -0.132. The molecule has 2 rings (SSSR count). The van der Waals surface area contributed by atoms with Gasteiger partial charge in [0.1, 0.15) is 0 Å². The summed E-state index contributed by atoms with van der Waals surface area (Å²) < 4.78 is 1.75. The molecular formula is C10H14N2O2. The van der Waals surface area contributed by atoms with Gasteiger partial charge in [-0.2, -0.15) is 0 Å². The highest BCUT2D eigenvalue weighted by Crippen LogP contribution is 2.26. The highest BCUT2D eigenvalue weighted by molar-refractivity contribution is 5.83. The van der Waals surface area contributed by atoms with E-state index in [1.165, 1.54) is 25.7 Å². The van der Waals surface area contributed by atoms with Gasteiger partial charge < -0.3 is 9.67 Å². The highest BCUT2D eigenvalue weighted by atomic mass is 16.4. The minimum atomic E-state index is -0.937. The topological polar surface area (TPSA) is 55.1 Å². The molecule has 1 fully saturated rings. The summed E-state index contributed by atoms with van der Waals surface area (Å²) in [4.78, 5) is 14.6. The van der Waals surface area contributed by atoms with E-state index in [0.29, 0.717) is 5.92 Å². The third kappa shape index (κ3) is 1.78. The van der Waals surface area contributed by atoms with Gasteiger partial charge in [-0.25, -0.2) is 9.78 Å². The van der Waals surface area contributed by atoms with E-state index in [4.69, 9.17) is 5.11 Å². The molecule has 0 bridgehead atoms. The SMILES string of the molecule is O=C(O)c1nccn1CC1CCCC1. The van der Waals surface area contributed by atoms with Gasteiger partial charge in [0.15, 0.2) is 0 Å². The van der Waals surface area contributed by atoms with E-state index in [2.05, 4.69) is 4.98 Å². The normalized spacial score (nSPS) is 17.4. The molecule has 0 unspecified atom stereocenters. The molecule has 0 radical (unpaired) electrons. The fraction of sp³-hybridized carbons (Fsp3) is 0.600. The van der Waals surface area contributed by atoms with Crippen LogP contribution in [0.2, 0.25) is 0 Å². The van der Waals surface area contributed by atoms with Crippen molar-refractivity contribution < 1.29 is 9.90 Å². The maximum absolute atomic E-state index is 10.8. The molecule has 76 valence electrons. The Morgan fingerprint density at radius 3 is 2.93 bits per heavy atom. The van der Waals surface area contributed by atoms with Crippen molar-refractivity contribution in [2.45, 2.75) is 32.2 Å². The van der Waals surface area contributed by atoms with Crippen molar-refractivity contribution in [2.75, 3.05) is 0 Å². The number of hydrogen-bond donors (Lipinski definition) is 1. The molecule has 0 aliphatic heterocycles. The lowest BCUT2D eigenvalue weighted by atomic mass is 10.1. The number of aromatic carboxylic acids is 1. The van der Waals surface area contributed by atoms with Crippen LogP contribution in [-0.4, -0.2) is 20.6 Å². The second-order valence-electron chi connectivity index (χ2n) is 3.86. The molecule has 1 saturated carbocycles. The van der Waals surface area contributed by atoms with Crippen LogP contribution in [0.1, 0.15) is 36.3 Å². The summed E-state index contributed by atoms with van der Waals surface area (Å²) in [6.07, 6.45) is 8.30. The van der Waals surface area contributed by atoms with Gasteiger partial charge in [-0.3, -0.25) is 0 Å². The van der Waals surface area contributed by atoms with Crippen LogP contribution < -0.4 is 0 Å². The Hall–Kier alpha value is -1.32.